The lowest BCUT2D eigenvalue weighted by Gasteiger charge is -2.39. The largest absolute Gasteiger partial charge is 0.409 e. The predicted molar refractivity (Wildman–Crippen MR) is 148 cm³/mol. The first-order chi connectivity index (χ1) is 20.5. The van der Waals surface area contributed by atoms with Gasteiger partial charge in [-0.1, -0.05) is 19.3 Å². The number of fused-ring (bicyclic) bond motifs is 2. The van der Waals surface area contributed by atoms with Crippen molar-refractivity contribution in [3.63, 3.8) is 0 Å². The van der Waals surface area contributed by atoms with Crippen molar-refractivity contribution in [2.45, 2.75) is 94.6 Å². The zero-order valence-electron chi connectivity index (χ0n) is 24.7. The van der Waals surface area contributed by atoms with Gasteiger partial charge in [-0.05, 0) is 80.5 Å². The Morgan fingerprint density at radius 1 is 1.07 bits per heavy atom. The average Bonchev–Trinajstić information content (AvgIpc) is 3.54. The Morgan fingerprint density at radius 3 is 2.49 bits per heavy atom. The molecule has 7 atom stereocenters. The van der Waals surface area contributed by atoms with Crippen LogP contribution in [0, 0.1) is 35.5 Å². The summed E-state index contributed by atoms with van der Waals surface area (Å²) in [6.07, 6.45) is 0.949. The number of urea groups is 1. The van der Waals surface area contributed by atoms with E-state index < -0.39 is 66.1 Å². The summed E-state index contributed by atoms with van der Waals surface area (Å²) in [4.78, 5) is 42.4. The van der Waals surface area contributed by atoms with E-state index in [9.17, 15) is 32.7 Å². The van der Waals surface area contributed by atoms with E-state index >= 15 is 4.39 Å². The van der Waals surface area contributed by atoms with Gasteiger partial charge in [-0.2, -0.15) is 13.2 Å². The van der Waals surface area contributed by atoms with E-state index in [4.69, 9.17) is 0 Å². The molecule has 4 unspecified atom stereocenters. The number of nitrogens with zero attached hydrogens (tertiary/aromatic N) is 3. The summed E-state index contributed by atoms with van der Waals surface area (Å²) < 4.78 is 58.5. The average molecular weight is 616 g/mol. The van der Waals surface area contributed by atoms with Gasteiger partial charge in [0.1, 0.15) is 24.3 Å². The SMILES string of the molecule is O=C1N[C@]2(C[C@@H](F)C3CC(C4CNN(CCO)C4)CCC32)C(=O)N1CC(=O)N(CC1CCCCC1)[C@H](C1CC1)C(F)(F)F. The van der Waals surface area contributed by atoms with Gasteiger partial charge in [0, 0.05) is 32.6 Å². The second-order valence-electron chi connectivity index (χ2n) is 14.0. The van der Waals surface area contributed by atoms with E-state index in [-0.39, 0.29) is 31.4 Å². The van der Waals surface area contributed by atoms with Gasteiger partial charge in [0.05, 0.1) is 6.61 Å². The van der Waals surface area contributed by atoms with Crippen molar-refractivity contribution in [3.05, 3.63) is 0 Å². The minimum atomic E-state index is -4.60. The van der Waals surface area contributed by atoms with Gasteiger partial charge in [0.25, 0.3) is 5.91 Å². The Bertz CT molecular complexity index is 1070. The van der Waals surface area contributed by atoms with Crippen LogP contribution in [0.2, 0.25) is 0 Å². The first-order valence-corrected chi connectivity index (χ1v) is 16.3. The smallest absolute Gasteiger partial charge is 0.395 e. The lowest BCUT2D eigenvalue weighted by atomic mass is 9.67. The van der Waals surface area contributed by atoms with Crippen LogP contribution < -0.4 is 10.7 Å². The Hall–Kier alpha value is -1.99. The first kappa shape index (κ1) is 31.0. The summed E-state index contributed by atoms with van der Waals surface area (Å²) in [7, 11) is 0. The molecule has 2 heterocycles. The Kier molecular flexibility index (Phi) is 8.71. The monoisotopic (exact) mass is 615 g/mol. The molecule has 3 N–H and O–H groups in total. The minimum absolute atomic E-state index is 0.0291. The van der Waals surface area contributed by atoms with Crippen LogP contribution in [-0.4, -0.2) is 101 Å². The zero-order chi connectivity index (χ0) is 30.5. The highest BCUT2D eigenvalue weighted by Gasteiger charge is 2.65. The van der Waals surface area contributed by atoms with Crippen LogP contribution in [0.3, 0.4) is 0 Å². The van der Waals surface area contributed by atoms with Crippen LogP contribution in [-0.2, 0) is 9.59 Å². The van der Waals surface area contributed by atoms with Gasteiger partial charge in [0.15, 0.2) is 0 Å². The molecule has 6 aliphatic rings. The van der Waals surface area contributed by atoms with Crippen LogP contribution >= 0.6 is 0 Å². The Morgan fingerprint density at radius 2 is 1.81 bits per heavy atom. The van der Waals surface area contributed by atoms with E-state index in [0.29, 0.717) is 38.1 Å². The Labute approximate surface area is 250 Å². The summed E-state index contributed by atoms with van der Waals surface area (Å²) in [6, 6.07) is -2.74. The molecule has 4 aliphatic carbocycles. The number of β-amino-alcohol motifs (C(OH)–C–C–N with tert-alkyl or cyclic N) is 1. The molecule has 4 amide bonds. The van der Waals surface area contributed by atoms with Crippen molar-refractivity contribution in [1.82, 2.24) is 25.6 Å². The van der Waals surface area contributed by atoms with Gasteiger partial charge >= 0.3 is 12.2 Å². The molecular weight excluding hydrogens is 570 g/mol. The van der Waals surface area contributed by atoms with Crippen LogP contribution in [0.1, 0.15) is 70.6 Å². The number of halogens is 4. The molecule has 2 saturated heterocycles. The van der Waals surface area contributed by atoms with Crippen molar-refractivity contribution in [2.75, 3.05) is 39.3 Å². The summed E-state index contributed by atoms with van der Waals surface area (Å²) in [6.45, 7) is 1.27. The standard InChI is InChI=1S/C30H45F4N5O4/c31-24-13-29(23-9-8-20(12-22(23)24)21-14-35-37(16-21)10-11-40)27(42)39(28(43)36-29)17-25(41)38(15-18-4-2-1-3-5-18)26(19-6-7-19)30(32,33)34/h18-24,26,35,40H,1-17H2,(H,36,43)/t20?,21?,22?,23?,24-,26-,29+/m1/s1. The van der Waals surface area contributed by atoms with Gasteiger partial charge in [-0.15, -0.1) is 0 Å². The van der Waals surface area contributed by atoms with Crippen molar-refractivity contribution < 1.29 is 37.1 Å². The fraction of sp³-hybridized carbons (Fsp3) is 0.900. The number of hydrogen-bond acceptors (Lipinski definition) is 6. The number of aliphatic hydroxyl groups excluding tert-OH is 1. The van der Waals surface area contributed by atoms with Crippen molar-refractivity contribution in [3.8, 4) is 0 Å². The van der Waals surface area contributed by atoms with Crippen molar-refractivity contribution in [2.24, 2.45) is 35.5 Å². The highest BCUT2D eigenvalue weighted by Crippen LogP contribution is 2.54. The lowest BCUT2D eigenvalue weighted by molar-refractivity contribution is -0.196. The van der Waals surface area contributed by atoms with Gasteiger partial charge in [-0.25, -0.2) is 14.2 Å². The minimum Gasteiger partial charge on any atom is -0.395 e. The third-order valence-corrected chi connectivity index (χ3v) is 11.4. The molecule has 0 bridgehead atoms. The van der Waals surface area contributed by atoms with E-state index in [1.807, 2.05) is 5.01 Å². The Balaban J connectivity index is 1.16. The van der Waals surface area contributed by atoms with Gasteiger partial charge in [-0.3, -0.25) is 19.9 Å². The number of carbonyl (C=O) groups excluding carboxylic acids is 3. The van der Waals surface area contributed by atoms with Crippen LogP contribution in [0.5, 0.6) is 0 Å². The molecule has 0 aromatic heterocycles. The summed E-state index contributed by atoms with van der Waals surface area (Å²) >= 11 is 0. The predicted octanol–water partition coefficient (Wildman–Crippen LogP) is 3.23. The van der Waals surface area contributed by atoms with E-state index in [1.54, 1.807) is 0 Å². The van der Waals surface area contributed by atoms with Crippen LogP contribution in [0.15, 0.2) is 0 Å². The molecule has 13 heteroatoms. The number of amides is 4. The molecule has 2 aliphatic heterocycles. The van der Waals surface area contributed by atoms with Gasteiger partial charge < -0.3 is 15.3 Å². The molecule has 43 heavy (non-hydrogen) atoms. The highest BCUT2D eigenvalue weighted by molar-refractivity contribution is 6.09. The summed E-state index contributed by atoms with van der Waals surface area (Å²) in [5, 5.41) is 14.0. The van der Waals surface area contributed by atoms with E-state index in [1.165, 1.54) is 0 Å². The molecule has 242 valence electrons. The third-order valence-electron chi connectivity index (χ3n) is 11.4. The highest BCUT2D eigenvalue weighted by atomic mass is 19.4. The number of alkyl halides is 4. The molecule has 9 nitrogen and oxygen atoms in total. The molecular formula is C30H45F4N5O4. The number of hydrazine groups is 1. The fourth-order valence-electron chi connectivity index (χ4n) is 9.09. The van der Waals surface area contributed by atoms with E-state index in [2.05, 4.69) is 10.7 Å². The maximum Gasteiger partial charge on any atom is 0.409 e. The second kappa shape index (κ2) is 12.1. The summed E-state index contributed by atoms with van der Waals surface area (Å²) in [5.74, 6) is -2.55. The van der Waals surface area contributed by atoms with Crippen LogP contribution in [0.25, 0.3) is 0 Å². The van der Waals surface area contributed by atoms with E-state index in [0.717, 1.165) is 61.4 Å². The number of hydrogen-bond donors (Lipinski definition) is 3. The zero-order valence-corrected chi connectivity index (χ0v) is 24.7. The fourth-order valence-corrected chi connectivity index (χ4v) is 9.09. The molecule has 0 radical (unpaired) electrons. The second-order valence-corrected chi connectivity index (χ2v) is 14.0. The molecule has 0 aromatic rings. The quantitative estimate of drug-likeness (QED) is 0.272. The molecule has 4 saturated carbocycles. The third kappa shape index (κ3) is 6.02. The maximum absolute atomic E-state index is 15.6. The molecule has 6 rings (SSSR count). The lowest BCUT2D eigenvalue weighted by Crippen LogP contribution is -2.55. The first-order valence-electron chi connectivity index (χ1n) is 16.3. The maximum atomic E-state index is 15.6. The number of aliphatic hydroxyl groups is 1. The van der Waals surface area contributed by atoms with Crippen molar-refractivity contribution in [1.29, 1.82) is 0 Å². The number of imide groups is 1. The molecule has 6 fully saturated rings. The topological polar surface area (TPSA) is 105 Å². The van der Waals surface area contributed by atoms with Gasteiger partial charge in [0.2, 0.25) is 5.91 Å². The van der Waals surface area contributed by atoms with Crippen molar-refractivity contribution >= 4 is 17.8 Å². The number of rotatable bonds is 9. The molecule has 1 spiro atoms. The normalized spacial score (nSPS) is 36.3. The summed E-state index contributed by atoms with van der Waals surface area (Å²) in [5.41, 5.74) is 1.82. The van der Waals surface area contributed by atoms with Crippen LogP contribution in [0.4, 0.5) is 22.4 Å². The number of carbonyl (C=O) groups is 3. The number of nitrogens with one attached hydrogen (secondary N) is 2. The molecule has 0 aromatic carbocycles.